The first kappa shape index (κ1) is 69.1. The van der Waals surface area contributed by atoms with Gasteiger partial charge in [0.15, 0.2) is 31.5 Å². The van der Waals surface area contributed by atoms with Gasteiger partial charge in [-0.2, -0.15) is 0 Å². The van der Waals surface area contributed by atoms with Crippen molar-refractivity contribution in [1.29, 1.82) is 0 Å². The summed E-state index contributed by atoms with van der Waals surface area (Å²) in [7, 11) is -5.76. The zero-order chi connectivity index (χ0) is 59.0. The van der Waals surface area contributed by atoms with Crippen LogP contribution in [0.25, 0.3) is 0 Å². The van der Waals surface area contributed by atoms with Gasteiger partial charge in [0.05, 0.1) is 68.1 Å². The highest BCUT2D eigenvalue weighted by Crippen LogP contribution is 2.48. The summed E-state index contributed by atoms with van der Waals surface area (Å²) in [5, 5.41) is 0.0351. The average molecular weight is 1150 g/mol. The van der Waals surface area contributed by atoms with Crippen molar-refractivity contribution in [2.24, 2.45) is 17.8 Å². The molecule has 17 heteroatoms. The van der Waals surface area contributed by atoms with E-state index >= 15 is 0 Å². The minimum atomic E-state index is -3.60. The first-order chi connectivity index (χ1) is 36.7. The third-order valence-corrected chi connectivity index (χ3v) is 21.6. The average Bonchev–Trinajstić information content (AvgIpc) is 3.33. The quantitative estimate of drug-likeness (QED) is 0.0138. The van der Waals surface area contributed by atoms with Crippen LogP contribution in [0.2, 0.25) is 18.1 Å². The molecule has 4 saturated heterocycles. The smallest absolute Gasteiger partial charge is 0.341 e. The van der Waals surface area contributed by atoms with Crippen molar-refractivity contribution in [2.45, 2.75) is 271 Å². The molecular formula is C62H105O15PSi. The summed E-state index contributed by atoms with van der Waals surface area (Å²) in [5.41, 5.74) is 0. The summed E-state index contributed by atoms with van der Waals surface area (Å²) in [6.45, 7) is 39.3. The Labute approximate surface area is 477 Å². The van der Waals surface area contributed by atoms with Crippen molar-refractivity contribution < 1.29 is 70.3 Å². The van der Waals surface area contributed by atoms with Gasteiger partial charge in [-0.05, 0) is 106 Å². The summed E-state index contributed by atoms with van der Waals surface area (Å²) in [4.78, 5) is 23.5. The van der Waals surface area contributed by atoms with Crippen molar-refractivity contribution in [3.05, 3.63) is 72.9 Å². The highest BCUT2D eigenvalue weighted by Gasteiger charge is 2.47. The molecule has 0 radical (unpaired) electrons. The molecule has 0 N–H and O–H groups in total. The third kappa shape index (κ3) is 24.0. The van der Waals surface area contributed by atoms with Gasteiger partial charge in [0.1, 0.15) is 18.6 Å². The molecule has 0 unspecified atom stereocenters. The molecule has 0 aromatic carbocycles. The predicted octanol–water partition coefficient (Wildman–Crippen LogP) is 14.2. The third-order valence-electron chi connectivity index (χ3n) is 15.1. The number of hydrogen-bond donors (Lipinski definition) is 0. The van der Waals surface area contributed by atoms with Crippen LogP contribution in [-0.4, -0.2) is 124 Å². The summed E-state index contributed by atoms with van der Waals surface area (Å²) in [6.07, 6.45) is 27.1. The normalized spacial score (nSPS) is 29.5. The fraction of sp³-hybridized carbons (Fsp3) is 0.774. The Kier molecular flexibility index (Phi) is 26.6. The Morgan fingerprint density at radius 3 is 1.48 bits per heavy atom. The van der Waals surface area contributed by atoms with Gasteiger partial charge < -0.3 is 56.1 Å². The van der Waals surface area contributed by atoms with E-state index in [1.54, 1.807) is 19.9 Å². The minimum Gasteiger partial charge on any atom is -0.461 e. The van der Waals surface area contributed by atoms with Crippen molar-refractivity contribution in [2.75, 3.05) is 19.4 Å². The lowest BCUT2D eigenvalue weighted by atomic mass is 9.88. The molecule has 0 aliphatic carbocycles. The Morgan fingerprint density at radius 1 is 0.620 bits per heavy atom. The Balaban J connectivity index is 1.41. The summed E-state index contributed by atoms with van der Waals surface area (Å²) in [6, 6.07) is 0. The number of rotatable bonds is 28. The molecule has 0 spiro atoms. The molecule has 0 saturated carbocycles. The van der Waals surface area contributed by atoms with E-state index in [0.717, 1.165) is 12.7 Å². The van der Waals surface area contributed by atoms with E-state index in [1.165, 1.54) is 6.08 Å². The Hall–Kier alpha value is -2.41. The molecule has 4 aliphatic rings. The number of esters is 1. The van der Waals surface area contributed by atoms with Crippen LogP contribution in [0, 0.1) is 17.8 Å². The van der Waals surface area contributed by atoms with E-state index < -0.39 is 57.3 Å². The van der Waals surface area contributed by atoms with Crippen LogP contribution >= 0.6 is 7.60 Å². The number of hydrogen-bond acceptors (Lipinski definition) is 15. The largest absolute Gasteiger partial charge is 0.461 e. The highest BCUT2D eigenvalue weighted by atomic mass is 31.2. The van der Waals surface area contributed by atoms with Gasteiger partial charge in [0.2, 0.25) is 0 Å². The molecule has 452 valence electrons. The molecule has 4 aliphatic heterocycles. The molecule has 0 amide bonds. The minimum absolute atomic E-state index is 0.00821. The zero-order valence-corrected chi connectivity index (χ0v) is 53.8. The molecule has 0 aromatic rings. The first-order valence-corrected chi connectivity index (χ1v) is 33.9. The van der Waals surface area contributed by atoms with Gasteiger partial charge in [0, 0.05) is 56.8 Å². The molecular weight excluding hydrogens is 1040 g/mol. The second-order valence-electron chi connectivity index (χ2n) is 25.7. The molecule has 79 heavy (non-hydrogen) atoms. The SMILES string of the molecule is CCOP(=O)(CC(=O)O[C@@H](C(C)C)[C@@H](C)/C=C/[C@H]1C[C@@H](C[C@H]2C[C@@H](C[C@@H]3C[C@H](C[C@@H]4C[C@H]([C@@H](C)[C@H](C/C=C/C=C/C=C/C=C/C=C/C=O)O[Si](C)(C)C(C)(C)C)OC(C)(C)O4)OC(C)(C)O3)OC(C)(C)O2)OC(C)(C)O1)OCC. The number of aldehydes is 1. The maximum Gasteiger partial charge on any atom is 0.341 e. The summed E-state index contributed by atoms with van der Waals surface area (Å²) >= 11 is 0. The van der Waals surface area contributed by atoms with Crippen LogP contribution in [0.5, 0.6) is 0 Å². The Morgan fingerprint density at radius 2 is 1.04 bits per heavy atom. The van der Waals surface area contributed by atoms with E-state index in [1.807, 2.05) is 125 Å². The number of carbonyl (C=O) groups excluding carboxylic acids is 2. The molecule has 4 fully saturated rings. The maximum absolute atomic E-state index is 13.1. The van der Waals surface area contributed by atoms with Gasteiger partial charge >= 0.3 is 13.6 Å². The van der Waals surface area contributed by atoms with E-state index in [0.29, 0.717) is 44.9 Å². The van der Waals surface area contributed by atoms with Gasteiger partial charge in [-0.15, -0.1) is 0 Å². The van der Waals surface area contributed by atoms with Gasteiger partial charge in [-0.25, -0.2) is 0 Å². The van der Waals surface area contributed by atoms with Gasteiger partial charge in [-0.1, -0.05) is 115 Å². The molecule has 15 nitrogen and oxygen atoms in total. The van der Waals surface area contributed by atoms with E-state index in [2.05, 4.69) is 52.9 Å². The van der Waals surface area contributed by atoms with Crippen molar-refractivity contribution in [1.82, 2.24) is 0 Å². The topological polar surface area (TPSA) is 162 Å². The standard InChI is InChI=1S/C62H105O15PSi/c1-20-66-78(65,67-21-2)43-56(64)68-57(44(3)4)45(5)33-34-47-36-48(70-59(10,11)69-47)37-49-38-50(72-60(12,13)71-49)39-51-40-52(74-61(14,15)73-51)41-53-42-55(76-62(16,17)75-53)46(6)54(77-79(18,19)58(7,8)9)32-30-28-26-24-22-23-25-27-29-31-35-63/h22-31,33-35,44-55,57H,20-21,32,36-43H2,1-19H3/b23-22+,26-24+,27-25+,30-28+,31-29+,34-33+/t45-,46-,47-,48-,49-,50-,51+,52+,53+,54-,55+,57-/m0/s1. The molecule has 4 heterocycles. The lowest BCUT2D eigenvalue weighted by molar-refractivity contribution is -0.340. The predicted molar refractivity (Wildman–Crippen MR) is 314 cm³/mol. The second kappa shape index (κ2) is 30.4. The highest BCUT2D eigenvalue weighted by molar-refractivity contribution is 7.54. The molecule has 12 atom stereocenters. The fourth-order valence-electron chi connectivity index (χ4n) is 11.0. The Bertz CT molecular complexity index is 2110. The van der Waals surface area contributed by atoms with E-state index in [4.69, 9.17) is 56.1 Å². The monoisotopic (exact) mass is 1150 g/mol. The van der Waals surface area contributed by atoms with E-state index in [-0.39, 0.29) is 90.9 Å². The molecule has 0 bridgehead atoms. The number of carbonyl (C=O) groups is 2. The maximum atomic E-state index is 13.1. The van der Waals surface area contributed by atoms with E-state index in [9.17, 15) is 14.2 Å². The molecule has 4 rings (SSSR count). The van der Waals surface area contributed by atoms with Gasteiger partial charge in [-0.3, -0.25) is 14.2 Å². The van der Waals surface area contributed by atoms with Crippen LogP contribution in [0.4, 0.5) is 0 Å². The number of allylic oxidation sites excluding steroid dienone is 9. The first-order valence-electron chi connectivity index (χ1n) is 29.3. The zero-order valence-electron chi connectivity index (χ0n) is 51.9. The van der Waals surface area contributed by atoms with Crippen molar-refractivity contribution >= 4 is 28.2 Å². The van der Waals surface area contributed by atoms with Crippen LogP contribution in [0.1, 0.15) is 169 Å². The van der Waals surface area contributed by atoms with Crippen molar-refractivity contribution in [3.8, 4) is 0 Å². The number of ether oxygens (including phenoxy) is 9. The van der Waals surface area contributed by atoms with Crippen LogP contribution in [-0.2, 0) is 70.3 Å². The van der Waals surface area contributed by atoms with Crippen LogP contribution in [0.15, 0.2) is 72.9 Å². The van der Waals surface area contributed by atoms with Crippen molar-refractivity contribution in [3.63, 3.8) is 0 Å². The summed E-state index contributed by atoms with van der Waals surface area (Å²) in [5.74, 6) is -4.02. The lowest BCUT2D eigenvalue weighted by Crippen LogP contribution is -2.53. The van der Waals surface area contributed by atoms with Crippen LogP contribution in [0.3, 0.4) is 0 Å². The summed E-state index contributed by atoms with van der Waals surface area (Å²) < 4.78 is 90.0. The fourth-order valence-corrected chi connectivity index (χ4v) is 13.9. The van der Waals surface area contributed by atoms with Crippen LogP contribution < -0.4 is 0 Å². The molecule has 0 aromatic heterocycles. The lowest BCUT2D eigenvalue weighted by Gasteiger charge is -2.48. The second-order valence-corrected chi connectivity index (χ2v) is 32.5. The van der Waals surface area contributed by atoms with Gasteiger partial charge in [0.25, 0.3) is 0 Å².